The zero-order chi connectivity index (χ0) is 27.4. The monoisotopic (exact) mass is 548 g/mol. The van der Waals surface area contributed by atoms with Gasteiger partial charge in [-0.2, -0.15) is 0 Å². The number of aliphatic hydroxyl groups excluding tert-OH is 1. The second-order valence-corrected chi connectivity index (χ2v) is 11.4. The number of nitrogens with zero attached hydrogens (tertiary/aromatic N) is 1. The van der Waals surface area contributed by atoms with Crippen LogP contribution in [0.2, 0.25) is 0 Å². The van der Waals surface area contributed by atoms with Crippen molar-refractivity contribution in [3.05, 3.63) is 69.8 Å². The number of carbonyl (C=O) groups excluding carboxylic acids is 1. The van der Waals surface area contributed by atoms with E-state index in [1.807, 2.05) is 24.3 Å². The fraction of sp³-hybridized carbons (Fsp3) is 0.500. The van der Waals surface area contributed by atoms with E-state index >= 15 is 0 Å². The molecule has 2 N–H and O–H groups in total. The molecule has 3 unspecified atom stereocenters. The van der Waals surface area contributed by atoms with Crippen LogP contribution in [0.5, 0.6) is 0 Å². The van der Waals surface area contributed by atoms with Crippen LogP contribution in [0, 0.1) is 16.0 Å². The lowest BCUT2D eigenvalue weighted by molar-refractivity contribution is -0.384. The van der Waals surface area contributed by atoms with Crippen LogP contribution >= 0.6 is 0 Å². The number of aliphatic hydroxyl groups is 1. The van der Waals surface area contributed by atoms with E-state index in [1.165, 1.54) is 7.11 Å². The van der Waals surface area contributed by atoms with Gasteiger partial charge in [0.1, 0.15) is 0 Å². The second kappa shape index (κ2) is 11.9. The molecule has 38 heavy (non-hydrogen) atoms. The van der Waals surface area contributed by atoms with Crippen molar-refractivity contribution in [1.82, 2.24) is 4.72 Å². The van der Waals surface area contributed by atoms with Gasteiger partial charge in [0.05, 0.1) is 41.3 Å². The van der Waals surface area contributed by atoms with Crippen LogP contribution in [0.3, 0.4) is 0 Å². The molecule has 0 amide bonds. The molecule has 0 bridgehead atoms. The van der Waals surface area contributed by atoms with Gasteiger partial charge in [-0.1, -0.05) is 24.3 Å². The zero-order valence-electron chi connectivity index (χ0n) is 21.2. The van der Waals surface area contributed by atoms with E-state index in [2.05, 4.69) is 4.72 Å². The Hall–Kier alpha value is -2.90. The molecule has 206 valence electrons. The summed E-state index contributed by atoms with van der Waals surface area (Å²) >= 11 is 0. The molecule has 1 heterocycles. The maximum atomic E-state index is 13.0. The summed E-state index contributed by atoms with van der Waals surface area (Å²) < 4.78 is 45.5. The average molecular weight is 549 g/mol. The first-order chi connectivity index (χ1) is 18.1. The number of esters is 1. The van der Waals surface area contributed by atoms with Crippen molar-refractivity contribution in [3.8, 4) is 0 Å². The first-order valence-electron chi connectivity index (χ1n) is 12.5. The summed E-state index contributed by atoms with van der Waals surface area (Å²) in [6.45, 7) is 1.64. The van der Waals surface area contributed by atoms with Gasteiger partial charge in [-0.15, -0.1) is 0 Å². The molecule has 0 spiro atoms. The number of carbonyl (C=O) groups is 1. The highest BCUT2D eigenvalue weighted by Gasteiger charge is 2.40. The first kappa shape index (κ1) is 28.1. The number of benzene rings is 2. The lowest BCUT2D eigenvalue weighted by Gasteiger charge is -2.40. The Morgan fingerprint density at radius 1 is 1.18 bits per heavy atom. The molecular formula is C26H32N2O9S. The Morgan fingerprint density at radius 2 is 1.89 bits per heavy atom. The Kier molecular flexibility index (Phi) is 8.78. The number of nitro benzene ring substituents is 1. The van der Waals surface area contributed by atoms with Crippen molar-refractivity contribution in [2.75, 3.05) is 7.11 Å². The topological polar surface area (TPSA) is 154 Å². The number of non-ortho nitro benzene ring substituents is 1. The molecule has 2 aromatic rings. The standard InChI is InChI=1S/C26H32N2O9S/c1-16-26(30)22(27-38(33,34)20-10-8-19(9-11-20)28(31)32)15-25(36-16)37-23-14-17(7-12-24(29)35-2)13-18-5-3-4-6-21(18)23/h3-6,8-11,16-17,22-23,25-27,30H,7,12-15H2,1-2H3/t16-,17?,22-,23?,25?,26+/m0/s1. The van der Waals surface area contributed by atoms with Gasteiger partial charge in [-0.3, -0.25) is 14.9 Å². The Bertz CT molecular complexity index is 1250. The van der Waals surface area contributed by atoms with Gasteiger partial charge >= 0.3 is 5.97 Å². The van der Waals surface area contributed by atoms with Gasteiger partial charge in [0, 0.05) is 25.0 Å². The molecule has 1 aliphatic carbocycles. The summed E-state index contributed by atoms with van der Waals surface area (Å²) in [4.78, 5) is 21.8. The molecule has 2 aromatic carbocycles. The van der Waals surface area contributed by atoms with Gasteiger partial charge in [-0.25, -0.2) is 13.1 Å². The van der Waals surface area contributed by atoms with Gasteiger partial charge in [0.15, 0.2) is 6.29 Å². The van der Waals surface area contributed by atoms with Gasteiger partial charge in [0.2, 0.25) is 10.0 Å². The predicted molar refractivity (Wildman–Crippen MR) is 135 cm³/mol. The summed E-state index contributed by atoms with van der Waals surface area (Å²) in [6, 6.07) is 11.5. The van der Waals surface area contributed by atoms with Crippen molar-refractivity contribution in [1.29, 1.82) is 0 Å². The Labute approximate surface area is 221 Å². The van der Waals surface area contributed by atoms with E-state index in [9.17, 15) is 28.4 Å². The van der Waals surface area contributed by atoms with Crippen LogP contribution in [0.25, 0.3) is 0 Å². The average Bonchev–Trinajstić information content (AvgIpc) is 2.90. The van der Waals surface area contributed by atoms with Crippen LogP contribution in [0.15, 0.2) is 53.4 Å². The summed E-state index contributed by atoms with van der Waals surface area (Å²) in [7, 11) is -2.71. The zero-order valence-corrected chi connectivity index (χ0v) is 22.0. The summed E-state index contributed by atoms with van der Waals surface area (Å²) in [5.41, 5.74) is 1.92. The first-order valence-corrected chi connectivity index (χ1v) is 14.0. The number of ether oxygens (including phenoxy) is 3. The number of hydrogen-bond donors (Lipinski definition) is 2. The maximum absolute atomic E-state index is 13.0. The van der Waals surface area contributed by atoms with Crippen LogP contribution in [-0.4, -0.2) is 56.1 Å². The summed E-state index contributed by atoms with van der Waals surface area (Å²) in [5, 5.41) is 21.6. The number of sulfonamides is 1. The third-order valence-electron chi connectivity index (χ3n) is 7.13. The van der Waals surface area contributed by atoms with Crippen LogP contribution < -0.4 is 4.72 Å². The third-order valence-corrected chi connectivity index (χ3v) is 8.63. The van der Waals surface area contributed by atoms with Crippen LogP contribution in [0.1, 0.15) is 49.8 Å². The van der Waals surface area contributed by atoms with E-state index in [1.54, 1.807) is 6.92 Å². The minimum atomic E-state index is -4.08. The molecule has 12 heteroatoms. The van der Waals surface area contributed by atoms with Crippen molar-refractivity contribution in [2.24, 2.45) is 5.92 Å². The van der Waals surface area contributed by atoms with E-state index in [0.29, 0.717) is 19.3 Å². The number of rotatable bonds is 9. The molecule has 4 rings (SSSR count). The number of methoxy groups -OCH3 is 1. The Morgan fingerprint density at radius 3 is 2.58 bits per heavy atom. The van der Waals surface area contributed by atoms with Crippen molar-refractivity contribution >= 4 is 21.7 Å². The predicted octanol–water partition coefficient (Wildman–Crippen LogP) is 3.01. The SMILES string of the molecule is COC(=O)CCC1Cc2ccccc2C(OC2C[C@H](NS(=O)(=O)c3ccc([N+](=O)[O-])cc3)[C@H](O)[C@H](C)O2)C1. The lowest BCUT2D eigenvalue weighted by Crippen LogP contribution is -2.55. The molecule has 0 saturated carbocycles. The smallest absolute Gasteiger partial charge is 0.305 e. The summed E-state index contributed by atoms with van der Waals surface area (Å²) in [6.07, 6.45) is -0.484. The highest BCUT2D eigenvalue weighted by molar-refractivity contribution is 7.89. The van der Waals surface area contributed by atoms with Gasteiger partial charge < -0.3 is 19.3 Å². The number of fused-ring (bicyclic) bond motifs is 1. The fourth-order valence-electron chi connectivity index (χ4n) is 5.08. The highest BCUT2D eigenvalue weighted by atomic mass is 32.2. The minimum absolute atomic E-state index is 0.0587. The highest BCUT2D eigenvalue weighted by Crippen LogP contribution is 2.39. The lowest BCUT2D eigenvalue weighted by atomic mass is 9.80. The van der Waals surface area contributed by atoms with Crippen LogP contribution in [0.4, 0.5) is 5.69 Å². The summed E-state index contributed by atoms with van der Waals surface area (Å²) in [5.74, 6) is -0.0695. The number of hydrogen-bond acceptors (Lipinski definition) is 9. The number of nitro groups is 1. The van der Waals surface area contributed by atoms with E-state index in [-0.39, 0.29) is 35.0 Å². The Balaban J connectivity index is 1.47. The van der Waals surface area contributed by atoms with E-state index < -0.39 is 39.5 Å². The molecule has 2 aliphatic rings. The molecule has 0 aromatic heterocycles. The van der Waals surface area contributed by atoms with Crippen LogP contribution in [-0.2, 0) is 35.4 Å². The molecule has 0 radical (unpaired) electrons. The largest absolute Gasteiger partial charge is 0.469 e. The second-order valence-electron chi connectivity index (χ2n) is 9.72. The third kappa shape index (κ3) is 6.56. The maximum Gasteiger partial charge on any atom is 0.305 e. The van der Waals surface area contributed by atoms with Crippen molar-refractivity contribution in [2.45, 2.75) is 74.6 Å². The minimum Gasteiger partial charge on any atom is -0.469 e. The van der Waals surface area contributed by atoms with Gasteiger partial charge in [-0.05, 0) is 55.4 Å². The number of nitrogens with one attached hydrogen (secondary N) is 1. The molecule has 6 atom stereocenters. The normalized spacial score (nSPS) is 27.3. The van der Waals surface area contributed by atoms with E-state index in [0.717, 1.165) is 41.8 Å². The molecule has 1 saturated heterocycles. The quantitative estimate of drug-likeness (QED) is 0.273. The van der Waals surface area contributed by atoms with Gasteiger partial charge in [0.25, 0.3) is 5.69 Å². The van der Waals surface area contributed by atoms with Crippen molar-refractivity contribution in [3.63, 3.8) is 0 Å². The molecule has 1 aliphatic heterocycles. The molecule has 1 fully saturated rings. The molecule has 11 nitrogen and oxygen atoms in total. The van der Waals surface area contributed by atoms with E-state index in [4.69, 9.17) is 14.2 Å². The fourth-order valence-corrected chi connectivity index (χ4v) is 6.35. The molecular weight excluding hydrogens is 516 g/mol. The van der Waals surface area contributed by atoms with Crippen molar-refractivity contribution < 1.29 is 37.5 Å².